The van der Waals surface area contributed by atoms with E-state index >= 15 is 0 Å². The van der Waals surface area contributed by atoms with Crippen LogP contribution in [0.15, 0.2) is 68.9 Å². The second-order valence-electron chi connectivity index (χ2n) is 7.34. The number of amides is 1. The SMILES string of the molecule is CC[NH+](CC)CCN1C(=O)C([O-])=C(C(=O)c2cc3ccccc3o2)C1c1ccco1. The second kappa shape index (κ2) is 8.20. The average Bonchev–Trinajstić information content (AvgIpc) is 3.48. The summed E-state index contributed by atoms with van der Waals surface area (Å²) >= 11 is 0. The van der Waals surface area contributed by atoms with E-state index in [-0.39, 0.29) is 11.3 Å². The molecule has 3 aromatic rings. The number of carbonyl (C=O) groups excluding carboxylic acids is 2. The smallest absolute Gasteiger partial charge is 0.240 e. The van der Waals surface area contributed by atoms with Gasteiger partial charge in [-0.05, 0) is 43.9 Å². The topological polar surface area (TPSA) is 91.2 Å². The van der Waals surface area contributed by atoms with Crippen LogP contribution in [0.5, 0.6) is 0 Å². The average molecular weight is 408 g/mol. The van der Waals surface area contributed by atoms with Gasteiger partial charge in [0.2, 0.25) is 11.7 Å². The molecule has 156 valence electrons. The van der Waals surface area contributed by atoms with Gasteiger partial charge in [0.15, 0.2) is 5.76 Å². The van der Waals surface area contributed by atoms with E-state index in [2.05, 4.69) is 13.8 Å². The molecule has 1 atom stereocenters. The molecular weight excluding hydrogens is 384 g/mol. The van der Waals surface area contributed by atoms with Crippen molar-refractivity contribution in [2.45, 2.75) is 19.9 Å². The first-order chi connectivity index (χ1) is 14.5. The normalized spacial score (nSPS) is 17.0. The van der Waals surface area contributed by atoms with Gasteiger partial charge in [-0.1, -0.05) is 18.2 Å². The van der Waals surface area contributed by atoms with Gasteiger partial charge in [0.25, 0.3) is 0 Å². The number of fused-ring (bicyclic) bond motifs is 1. The third-order valence-electron chi connectivity index (χ3n) is 5.70. The molecule has 0 radical (unpaired) electrons. The summed E-state index contributed by atoms with van der Waals surface area (Å²) in [4.78, 5) is 28.9. The van der Waals surface area contributed by atoms with Crippen LogP contribution >= 0.6 is 0 Å². The summed E-state index contributed by atoms with van der Waals surface area (Å²) in [5.41, 5.74) is 0.429. The van der Waals surface area contributed by atoms with Crippen LogP contribution < -0.4 is 10.0 Å². The molecule has 1 unspecified atom stereocenters. The Bertz CT molecular complexity index is 1060. The highest BCUT2D eigenvalue weighted by atomic mass is 16.3. The lowest BCUT2D eigenvalue weighted by Gasteiger charge is -2.27. The van der Waals surface area contributed by atoms with Crippen LogP contribution in [0.25, 0.3) is 11.0 Å². The largest absolute Gasteiger partial charge is 0.868 e. The number of quaternary nitrogens is 1. The number of para-hydroxylation sites is 1. The van der Waals surface area contributed by atoms with Crippen LogP contribution in [0.4, 0.5) is 0 Å². The highest BCUT2D eigenvalue weighted by molar-refractivity contribution is 6.15. The Morgan fingerprint density at radius 1 is 1.17 bits per heavy atom. The fourth-order valence-corrected chi connectivity index (χ4v) is 3.95. The Kier molecular flexibility index (Phi) is 5.46. The maximum absolute atomic E-state index is 13.3. The third-order valence-corrected chi connectivity index (χ3v) is 5.70. The van der Waals surface area contributed by atoms with Crippen molar-refractivity contribution in [2.75, 3.05) is 26.2 Å². The molecular formula is C23H24N2O5. The molecule has 7 nitrogen and oxygen atoms in total. The van der Waals surface area contributed by atoms with Crippen LogP contribution in [0.2, 0.25) is 0 Å². The number of nitrogens with one attached hydrogen (secondary N) is 1. The number of benzene rings is 1. The molecule has 0 fully saturated rings. The number of ketones is 1. The fourth-order valence-electron chi connectivity index (χ4n) is 3.95. The number of hydrogen-bond acceptors (Lipinski definition) is 5. The van der Waals surface area contributed by atoms with Gasteiger partial charge < -0.3 is 23.7 Å². The summed E-state index contributed by atoms with van der Waals surface area (Å²) in [5.74, 6) is -1.62. The molecule has 1 aliphatic heterocycles. The highest BCUT2D eigenvalue weighted by Crippen LogP contribution is 2.38. The molecule has 1 N–H and O–H groups in total. The van der Waals surface area contributed by atoms with Crippen LogP contribution in [-0.2, 0) is 4.79 Å². The summed E-state index contributed by atoms with van der Waals surface area (Å²) in [6.07, 6.45) is 1.47. The molecule has 0 spiro atoms. The van der Waals surface area contributed by atoms with Gasteiger partial charge in [-0.15, -0.1) is 0 Å². The molecule has 1 aromatic carbocycles. The zero-order valence-electron chi connectivity index (χ0n) is 17.0. The quantitative estimate of drug-likeness (QED) is 0.568. The van der Waals surface area contributed by atoms with Crippen LogP contribution in [0, 0.1) is 0 Å². The van der Waals surface area contributed by atoms with Crippen molar-refractivity contribution in [3.8, 4) is 0 Å². The molecule has 30 heavy (non-hydrogen) atoms. The van der Waals surface area contributed by atoms with Crippen molar-refractivity contribution < 1.29 is 28.4 Å². The van der Waals surface area contributed by atoms with Gasteiger partial charge in [0.1, 0.15) is 17.4 Å². The Balaban J connectivity index is 1.71. The lowest BCUT2D eigenvalue weighted by atomic mass is 9.99. The third kappa shape index (κ3) is 3.41. The van der Waals surface area contributed by atoms with Gasteiger partial charge in [-0.3, -0.25) is 9.59 Å². The van der Waals surface area contributed by atoms with Crippen LogP contribution in [-0.4, -0.2) is 42.8 Å². The first-order valence-corrected chi connectivity index (χ1v) is 10.2. The molecule has 4 rings (SSSR count). The Morgan fingerprint density at radius 3 is 2.60 bits per heavy atom. The minimum Gasteiger partial charge on any atom is -0.868 e. The Morgan fingerprint density at radius 2 is 1.93 bits per heavy atom. The zero-order valence-corrected chi connectivity index (χ0v) is 17.0. The molecule has 2 aromatic heterocycles. The number of Topliss-reactive ketones (excluding diaryl/α,β-unsaturated/α-hetero) is 1. The highest BCUT2D eigenvalue weighted by Gasteiger charge is 2.42. The van der Waals surface area contributed by atoms with Gasteiger partial charge in [0.05, 0.1) is 32.4 Å². The van der Waals surface area contributed by atoms with Crippen molar-refractivity contribution >= 4 is 22.7 Å². The molecule has 1 amide bonds. The molecule has 0 bridgehead atoms. The van der Waals surface area contributed by atoms with E-state index in [1.807, 2.05) is 12.1 Å². The summed E-state index contributed by atoms with van der Waals surface area (Å²) in [6.45, 7) is 6.99. The second-order valence-corrected chi connectivity index (χ2v) is 7.34. The van der Waals surface area contributed by atoms with Gasteiger partial charge in [-0.25, -0.2) is 0 Å². The fraction of sp³-hybridized carbons (Fsp3) is 0.304. The minimum absolute atomic E-state index is 0.0418. The molecule has 0 aliphatic carbocycles. The lowest BCUT2D eigenvalue weighted by Crippen LogP contribution is -3.12. The van der Waals surface area contributed by atoms with E-state index in [4.69, 9.17) is 8.83 Å². The standard InChI is InChI=1S/C23H24N2O5/c1-3-24(4-2)11-12-25-20(17-10-7-13-29-17)19(22(27)23(25)28)21(26)18-14-15-8-5-6-9-16(15)30-18/h5-10,13-14,20,27H,3-4,11-12H2,1-2H3. The van der Waals surface area contributed by atoms with E-state index in [0.29, 0.717) is 24.4 Å². The van der Waals surface area contributed by atoms with Crippen molar-refractivity contribution in [2.24, 2.45) is 0 Å². The summed E-state index contributed by atoms with van der Waals surface area (Å²) in [5, 5.41) is 13.7. The monoisotopic (exact) mass is 408 g/mol. The molecule has 7 heteroatoms. The van der Waals surface area contributed by atoms with Crippen LogP contribution in [0.3, 0.4) is 0 Å². The van der Waals surface area contributed by atoms with E-state index in [0.717, 1.165) is 18.5 Å². The first-order valence-electron chi connectivity index (χ1n) is 10.2. The predicted octanol–water partition coefficient (Wildman–Crippen LogP) is 1.33. The van der Waals surface area contributed by atoms with Crippen molar-refractivity contribution in [1.82, 2.24) is 4.90 Å². The Hall–Kier alpha value is -3.32. The summed E-state index contributed by atoms with van der Waals surface area (Å²) in [6, 6.07) is 11.3. The van der Waals surface area contributed by atoms with E-state index in [1.54, 1.807) is 30.3 Å². The maximum Gasteiger partial charge on any atom is 0.240 e. The molecule has 3 heterocycles. The van der Waals surface area contributed by atoms with Gasteiger partial charge >= 0.3 is 0 Å². The number of nitrogens with zero attached hydrogens (tertiary/aromatic N) is 1. The van der Waals surface area contributed by atoms with Gasteiger partial charge in [-0.2, -0.15) is 0 Å². The van der Waals surface area contributed by atoms with Gasteiger partial charge in [0, 0.05) is 11.0 Å². The minimum atomic E-state index is -0.851. The zero-order chi connectivity index (χ0) is 21.3. The lowest BCUT2D eigenvalue weighted by molar-refractivity contribution is -0.895. The number of likely N-dealkylation sites (N-methyl/N-ethyl adjacent to an activating group) is 1. The molecule has 0 saturated heterocycles. The van der Waals surface area contributed by atoms with Crippen molar-refractivity contribution in [3.05, 3.63) is 71.6 Å². The number of rotatable bonds is 8. The number of hydrogen-bond donors (Lipinski definition) is 1. The predicted molar refractivity (Wildman–Crippen MR) is 108 cm³/mol. The first kappa shape index (κ1) is 20.0. The number of carbonyl (C=O) groups is 2. The van der Waals surface area contributed by atoms with Crippen molar-refractivity contribution in [3.63, 3.8) is 0 Å². The summed E-state index contributed by atoms with van der Waals surface area (Å²) in [7, 11) is 0. The molecule has 1 aliphatic rings. The maximum atomic E-state index is 13.3. The van der Waals surface area contributed by atoms with E-state index in [1.165, 1.54) is 16.1 Å². The van der Waals surface area contributed by atoms with Crippen LogP contribution in [0.1, 0.15) is 36.2 Å². The van der Waals surface area contributed by atoms with Crippen molar-refractivity contribution in [1.29, 1.82) is 0 Å². The molecule has 0 saturated carbocycles. The number of furan rings is 2. The van der Waals surface area contributed by atoms with E-state index < -0.39 is 23.5 Å². The Labute approximate surface area is 174 Å². The summed E-state index contributed by atoms with van der Waals surface area (Å²) < 4.78 is 11.2. The van der Waals surface area contributed by atoms with E-state index in [9.17, 15) is 14.7 Å².